The summed E-state index contributed by atoms with van der Waals surface area (Å²) in [5, 5.41) is 0. The van der Waals surface area contributed by atoms with Crippen molar-refractivity contribution in [1.29, 1.82) is 0 Å². The molecule has 0 aromatic rings. The molecule has 172 valence electrons. The van der Waals surface area contributed by atoms with Crippen LogP contribution in [0.5, 0.6) is 0 Å². The second-order valence-corrected chi connectivity index (χ2v) is 8.77. The van der Waals surface area contributed by atoms with Crippen molar-refractivity contribution in [3.63, 3.8) is 0 Å². The molecular formula is C21H39O7P-2. The second kappa shape index (κ2) is 19.2. The molecule has 0 bridgehead atoms. The smallest absolute Gasteiger partial charge is 0.306 e. The quantitative estimate of drug-likeness (QED) is 0.151. The van der Waals surface area contributed by atoms with E-state index in [9.17, 15) is 23.9 Å². The summed E-state index contributed by atoms with van der Waals surface area (Å²) in [4.78, 5) is 43.2. The summed E-state index contributed by atoms with van der Waals surface area (Å²) in [6, 6.07) is 0. The molecule has 0 spiro atoms. The predicted octanol–water partition coefficient (Wildman–Crippen LogP) is 4.21. The van der Waals surface area contributed by atoms with Gasteiger partial charge in [-0.25, -0.2) is 0 Å². The highest BCUT2D eigenvalue weighted by atomic mass is 31.2. The Bertz CT molecular complexity index is 462. The van der Waals surface area contributed by atoms with E-state index in [1.54, 1.807) is 0 Å². The molecule has 29 heavy (non-hydrogen) atoms. The molecule has 7 nitrogen and oxygen atoms in total. The molecule has 0 aliphatic heterocycles. The van der Waals surface area contributed by atoms with Crippen LogP contribution < -0.4 is 9.79 Å². The van der Waals surface area contributed by atoms with Gasteiger partial charge >= 0.3 is 5.97 Å². The van der Waals surface area contributed by atoms with E-state index in [-0.39, 0.29) is 6.42 Å². The van der Waals surface area contributed by atoms with Crippen molar-refractivity contribution in [2.45, 2.75) is 110 Å². The summed E-state index contributed by atoms with van der Waals surface area (Å²) >= 11 is 0. The maximum Gasteiger partial charge on any atom is 0.306 e. The predicted molar refractivity (Wildman–Crippen MR) is 109 cm³/mol. The summed E-state index contributed by atoms with van der Waals surface area (Å²) in [5.41, 5.74) is 0. The average molecular weight is 435 g/mol. The van der Waals surface area contributed by atoms with Gasteiger partial charge in [-0.05, 0) is 6.42 Å². The maximum absolute atomic E-state index is 11.5. The largest absolute Gasteiger partial charge is 0.790 e. The number of ketones is 1. The van der Waals surface area contributed by atoms with Crippen molar-refractivity contribution >= 4 is 19.6 Å². The first kappa shape index (κ1) is 28.2. The lowest BCUT2D eigenvalue weighted by Gasteiger charge is -2.27. The third-order valence-electron chi connectivity index (χ3n) is 4.76. The van der Waals surface area contributed by atoms with Crippen LogP contribution in [0.1, 0.15) is 110 Å². The van der Waals surface area contributed by atoms with Crippen molar-refractivity contribution in [1.82, 2.24) is 0 Å². The molecule has 0 amide bonds. The third kappa shape index (κ3) is 23.4. The Hall–Kier alpha value is -0.750. The number of hydrogen-bond acceptors (Lipinski definition) is 7. The molecule has 0 saturated carbocycles. The minimum Gasteiger partial charge on any atom is -0.790 e. The molecule has 0 aliphatic rings. The first-order chi connectivity index (χ1) is 13.8. The van der Waals surface area contributed by atoms with Crippen LogP contribution in [-0.2, 0) is 23.4 Å². The summed E-state index contributed by atoms with van der Waals surface area (Å²) in [7, 11) is -5.17. The van der Waals surface area contributed by atoms with Crippen LogP contribution in [0.15, 0.2) is 0 Å². The highest BCUT2D eigenvalue weighted by Gasteiger charge is 2.08. The van der Waals surface area contributed by atoms with E-state index < -0.39 is 32.8 Å². The van der Waals surface area contributed by atoms with Crippen LogP contribution in [-0.4, -0.2) is 25.0 Å². The van der Waals surface area contributed by atoms with Crippen molar-refractivity contribution in [2.24, 2.45) is 0 Å². The number of ether oxygens (including phenoxy) is 1. The Morgan fingerprint density at radius 3 is 1.52 bits per heavy atom. The van der Waals surface area contributed by atoms with E-state index in [4.69, 9.17) is 4.74 Å². The maximum atomic E-state index is 11.5. The first-order valence-corrected chi connectivity index (χ1v) is 12.6. The molecule has 0 rings (SSSR count). The van der Waals surface area contributed by atoms with Crippen molar-refractivity contribution < 1.29 is 33.2 Å². The van der Waals surface area contributed by atoms with E-state index in [1.165, 1.54) is 77.0 Å². The fourth-order valence-corrected chi connectivity index (χ4v) is 3.37. The van der Waals surface area contributed by atoms with Gasteiger partial charge in [-0.2, -0.15) is 0 Å². The molecular weight excluding hydrogens is 395 g/mol. The Labute approximate surface area is 176 Å². The van der Waals surface area contributed by atoms with Crippen LogP contribution in [0.3, 0.4) is 0 Å². The van der Waals surface area contributed by atoms with Gasteiger partial charge < -0.3 is 23.6 Å². The minimum absolute atomic E-state index is 0.230. The zero-order valence-corrected chi connectivity index (χ0v) is 18.9. The standard InChI is InChI=1S/C21H41O7P/c1-2-3-4-5-6-7-8-9-10-11-12-13-14-15-16-17-21(23)27-18-20(22)19-28-29(24,25)26/h2-19H2,1H3,(H2,24,25,26)/p-2. The Morgan fingerprint density at radius 2 is 1.10 bits per heavy atom. The van der Waals surface area contributed by atoms with Gasteiger partial charge in [-0.15, -0.1) is 0 Å². The molecule has 0 aliphatic carbocycles. The van der Waals surface area contributed by atoms with Crippen LogP contribution >= 0.6 is 7.82 Å². The Morgan fingerprint density at radius 1 is 0.690 bits per heavy atom. The molecule has 0 atom stereocenters. The number of carbonyl (C=O) groups excluding carboxylic acids is 2. The number of phosphoric acid groups is 1. The van der Waals surface area contributed by atoms with E-state index in [2.05, 4.69) is 11.4 Å². The first-order valence-electron chi connectivity index (χ1n) is 11.2. The number of esters is 1. The topological polar surface area (TPSA) is 116 Å². The lowest BCUT2D eigenvalue weighted by Crippen LogP contribution is -2.23. The van der Waals surface area contributed by atoms with Gasteiger partial charge in [0.2, 0.25) is 0 Å². The number of unbranched alkanes of at least 4 members (excludes halogenated alkanes) is 14. The number of carbonyl (C=O) groups is 2. The SMILES string of the molecule is CCCCCCCCCCCCCCCCCC(=O)OCC(=O)COP(=O)([O-])[O-]. The molecule has 0 heterocycles. The van der Waals surface area contributed by atoms with Crippen molar-refractivity contribution in [2.75, 3.05) is 13.2 Å². The lowest BCUT2D eigenvalue weighted by atomic mass is 10.0. The molecule has 0 fully saturated rings. The molecule has 0 unspecified atom stereocenters. The number of hydrogen-bond donors (Lipinski definition) is 0. The van der Waals surface area contributed by atoms with E-state index in [1.807, 2.05) is 0 Å². The zero-order chi connectivity index (χ0) is 21.8. The van der Waals surface area contributed by atoms with Crippen LogP contribution in [0.25, 0.3) is 0 Å². The average Bonchev–Trinajstić information content (AvgIpc) is 2.67. The lowest BCUT2D eigenvalue weighted by molar-refractivity contribution is -0.341. The minimum atomic E-state index is -5.17. The highest BCUT2D eigenvalue weighted by molar-refractivity contribution is 7.43. The summed E-state index contributed by atoms with van der Waals surface area (Å²) in [6.45, 7) is 0.781. The van der Waals surface area contributed by atoms with Crippen molar-refractivity contribution in [3.8, 4) is 0 Å². The zero-order valence-electron chi connectivity index (χ0n) is 18.0. The van der Waals surface area contributed by atoms with Gasteiger partial charge in [0.15, 0.2) is 12.4 Å². The van der Waals surface area contributed by atoms with E-state index in [0.29, 0.717) is 6.42 Å². The van der Waals surface area contributed by atoms with Gasteiger partial charge in [0.1, 0.15) is 6.61 Å². The van der Waals surface area contributed by atoms with Crippen molar-refractivity contribution in [3.05, 3.63) is 0 Å². The van der Waals surface area contributed by atoms with Gasteiger partial charge in [-0.3, -0.25) is 9.59 Å². The Kier molecular flexibility index (Phi) is 18.7. The third-order valence-corrected chi connectivity index (χ3v) is 5.21. The molecule has 8 heteroatoms. The number of Topliss-reactive ketones (excluding diaryl/α,β-unsaturated/α-hetero) is 1. The molecule has 0 saturated heterocycles. The highest BCUT2D eigenvalue weighted by Crippen LogP contribution is 2.23. The number of phosphoric ester groups is 1. The monoisotopic (exact) mass is 434 g/mol. The second-order valence-electron chi connectivity index (χ2n) is 7.62. The van der Waals surface area contributed by atoms with Gasteiger partial charge in [-0.1, -0.05) is 96.8 Å². The van der Waals surface area contributed by atoms with Gasteiger partial charge in [0.05, 0.1) is 7.82 Å². The molecule has 0 radical (unpaired) electrons. The summed E-state index contributed by atoms with van der Waals surface area (Å²) in [6.07, 6.45) is 18.9. The summed E-state index contributed by atoms with van der Waals surface area (Å²) in [5.74, 6) is -1.26. The van der Waals surface area contributed by atoms with Crippen LogP contribution in [0, 0.1) is 0 Å². The molecule has 0 N–H and O–H groups in total. The van der Waals surface area contributed by atoms with E-state index >= 15 is 0 Å². The van der Waals surface area contributed by atoms with Gasteiger partial charge in [0.25, 0.3) is 0 Å². The fraction of sp³-hybridized carbons (Fsp3) is 0.905. The normalized spacial score (nSPS) is 11.6. The molecule has 0 aromatic heterocycles. The van der Waals surface area contributed by atoms with Crippen LogP contribution in [0.2, 0.25) is 0 Å². The number of rotatable bonds is 21. The van der Waals surface area contributed by atoms with Gasteiger partial charge in [0, 0.05) is 6.42 Å². The summed E-state index contributed by atoms with van der Waals surface area (Å²) < 4.78 is 18.8. The Balaban J connectivity index is 3.30. The van der Waals surface area contributed by atoms with Crippen LogP contribution in [0.4, 0.5) is 0 Å². The fourth-order valence-electron chi connectivity index (χ4n) is 3.07. The molecule has 0 aromatic carbocycles. The van der Waals surface area contributed by atoms with E-state index in [0.717, 1.165) is 12.8 Å².